The molecule has 1 fully saturated rings. The van der Waals surface area contributed by atoms with Crippen molar-refractivity contribution in [3.8, 4) is 0 Å². The molecule has 0 atom stereocenters. The Morgan fingerprint density at radius 3 is 2.50 bits per heavy atom. The number of hydrogen-bond acceptors (Lipinski definition) is 5. The molecule has 1 aromatic heterocycles. The zero-order chi connectivity index (χ0) is 19.6. The van der Waals surface area contributed by atoms with Crippen molar-refractivity contribution in [3.05, 3.63) is 60.3 Å². The van der Waals surface area contributed by atoms with Gasteiger partial charge in [-0.3, -0.25) is 4.79 Å². The van der Waals surface area contributed by atoms with Crippen LogP contribution in [0.5, 0.6) is 0 Å². The van der Waals surface area contributed by atoms with Crippen LogP contribution in [-0.4, -0.2) is 36.9 Å². The quantitative estimate of drug-likeness (QED) is 0.712. The summed E-state index contributed by atoms with van der Waals surface area (Å²) in [4.78, 5) is 12.4. The van der Waals surface area contributed by atoms with E-state index in [0.29, 0.717) is 42.6 Å². The summed E-state index contributed by atoms with van der Waals surface area (Å²) in [5, 5.41) is 7.52. The van der Waals surface area contributed by atoms with E-state index in [-0.39, 0.29) is 17.6 Å². The maximum atomic E-state index is 12.8. The standard InChI is InChI=1S/C20H21N3O4S/c24-20(21-16-6-2-1-3-7-16)15-10-12-23(13-11-15)28(25,26)14-18-17-8-4-5-9-19(17)27-22-18/h1-9,15H,10-14H2,(H,21,24). The molecular formula is C20H21N3O4S. The third-order valence-electron chi connectivity index (χ3n) is 5.03. The van der Waals surface area contributed by atoms with Crippen molar-refractivity contribution in [2.75, 3.05) is 18.4 Å². The molecule has 146 valence electrons. The van der Waals surface area contributed by atoms with E-state index in [4.69, 9.17) is 4.52 Å². The Balaban J connectivity index is 1.38. The summed E-state index contributed by atoms with van der Waals surface area (Å²) in [5.74, 6) is -0.462. The number of aromatic nitrogens is 1. The van der Waals surface area contributed by atoms with Crippen LogP contribution in [0.25, 0.3) is 11.0 Å². The van der Waals surface area contributed by atoms with Gasteiger partial charge in [0.1, 0.15) is 11.4 Å². The third-order valence-corrected chi connectivity index (χ3v) is 6.82. The van der Waals surface area contributed by atoms with Crippen LogP contribution < -0.4 is 5.32 Å². The van der Waals surface area contributed by atoms with Gasteiger partial charge in [-0.25, -0.2) is 12.7 Å². The summed E-state index contributed by atoms with van der Waals surface area (Å²) < 4.78 is 32.3. The van der Waals surface area contributed by atoms with Crippen LogP contribution in [0.4, 0.5) is 5.69 Å². The molecule has 2 heterocycles. The molecule has 1 amide bonds. The molecule has 0 aliphatic carbocycles. The number of carbonyl (C=O) groups is 1. The first-order chi connectivity index (χ1) is 13.5. The minimum Gasteiger partial charge on any atom is -0.356 e. The largest absolute Gasteiger partial charge is 0.356 e. The lowest BCUT2D eigenvalue weighted by Gasteiger charge is -2.30. The van der Waals surface area contributed by atoms with Crippen LogP contribution in [0, 0.1) is 5.92 Å². The van der Waals surface area contributed by atoms with Crippen molar-refractivity contribution in [2.24, 2.45) is 5.92 Å². The number of carbonyl (C=O) groups excluding carboxylic acids is 1. The Morgan fingerprint density at radius 2 is 1.75 bits per heavy atom. The van der Waals surface area contributed by atoms with Gasteiger partial charge in [0.2, 0.25) is 15.9 Å². The third kappa shape index (κ3) is 3.93. The first-order valence-corrected chi connectivity index (χ1v) is 10.8. The molecular weight excluding hydrogens is 378 g/mol. The number of amides is 1. The van der Waals surface area contributed by atoms with Crippen molar-refractivity contribution in [3.63, 3.8) is 0 Å². The number of benzene rings is 2. The molecule has 0 saturated carbocycles. The summed E-state index contributed by atoms with van der Waals surface area (Å²) in [5.41, 5.74) is 1.74. The number of nitrogens with zero attached hydrogens (tertiary/aromatic N) is 2. The minimum absolute atomic E-state index is 0.0641. The molecule has 0 radical (unpaired) electrons. The van der Waals surface area contributed by atoms with E-state index in [1.807, 2.05) is 42.5 Å². The molecule has 1 aliphatic rings. The van der Waals surface area contributed by atoms with E-state index in [9.17, 15) is 13.2 Å². The Morgan fingerprint density at radius 1 is 1.07 bits per heavy atom. The highest BCUT2D eigenvalue weighted by atomic mass is 32.2. The number of nitrogens with one attached hydrogen (secondary N) is 1. The van der Waals surface area contributed by atoms with E-state index >= 15 is 0 Å². The average molecular weight is 399 g/mol. The van der Waals surface area contributed by atoms with Crippen molar-refractivity contribution in [1.82, 2.24) is 9.46 Å². The lowest BCUT2D eigenvalue weighted by molar-refractivity contribution is -0.120. The fraction of sp³-hybridized carbons (Fsp3) is 0.300. The summed E-state index contributed by atoms with van der Waals surface area (Å²) in [6.45, 7) is 0.649. The van der Waals surface area contributed by atoms with Gasteiger partial charge in [-0.1, -0.05) is 35.5 Å². The Bertz CT molecular complexity index is 1070. The van der Waals surface area contributed by atoms with E-state index in [2.05, 4.69) is 10.5 Å². The highest BCUT2D eigenvalue weighted by molar-refractivity contribution is 7.88. The van der Waals surface area contributed by atoms with Gasteiger partial charge in [-0.2, -0.15) is 0 Å². The molecule has 8 heteroatoms. The Hall–Kier alpha value is -2.71. The summed E-state index contributed by atoms with van der Waals surface area (Å²) in [6.07, 6.45) is 0.995. The van der Waals surface area contributed by atoms with E-state index in [1.165, 1.54) is 4.31 Å². The van der Waals surface area contributed by atoms with Gasteiger partial charge < -0.3 is 9.84 Å². The topological polar surface area (TPSA) is 92.5 Å². The van der Waals surface area contributed by atoms with Crippen LogP contribution in [0.1, 0.15) is 18.5 Å². The van der Waals surface area contributed by atoms with Gasteiger partial charge in [0.05, 0.1) is 0 Å². The highest BCUT2D eigenvalue weighted by Crippen LogP contribution is 2.25. The van der Waals surface area contributed by atoms with Gasteiger partial charge in [0.15, 0.2) is 5.58 Å². The number of sulfonamides is 1. The fourth-order valence-corrected chi connectivity index (χ4v) is 4.97. The summed E-state index contributed by atoms with van der Waals surface area (Å²) in [6, 6.07) is 16.5. The number of hydrogen-bond donors (Lipinski definition) is 1. The number of piperidine rings is 1. The zero-order valence-electron chi connectivity index (χ0n) is 15.2. The molecule has 4 rings (SSSR count). The van der Waals surface area contributed by atoms with E-state index in [1.54, 1.807) is 12.1 Å². The average Bonchev–Trinajstić information content (AvgIpc) is 3.11. The van der Waals surface area contributed by atoms with Crippen LogP contribution in [0.15, 0.2) is 59.1 Å². The van der Waals surface area contributed by atoms with Gasteiger partial charge in [-0.15, -0.1) is 0 Å². The molecule has 2 aromatic carbocycles. The van der Waals surface area contributed by atoms with Crippen molar-refractivity contribution >= 4 is 32.6 Å². The second kappa shape index (κ2) is 7.73. The maximum Gasteiger partial charge on any atom is 0.227 e. The van der Waals surface area contributed by atoms with Crippen molar-refractivity contribution in [1.29, 1.82) is 0 Å². The first kappa shape index (κ1) is 18.6. The predicted octanol–water partition coefficient (Wildman–Crippen LogP) is 3.01. The normalized spacial score (nSPS) is 16.3. The Labute approximate surface area is 163 Å². The van der Waals surface area contributed by atoms with Crippen LogP contribution in [0.3, 0.4) is 0 Å². The molecule has 3 aromatic rings. The van der Waals surface area contributed by atoms with Gasteiger partial charge in [-0.05, 0) is 37.1 Å². The first-order valence-electron chi connectivity index (χ1n) is 9.20. The number of fused-ring (bicyclic) bond motifs is 1. The second-order valence-corrected chi connectivity index (χ2v) is 8.88. The molecule has 28 heavy (non-hydrogen) atoms. The monoisotopic (exact) mass is 399 g/mol. The van der Waals surface area contributed by atoms with Crippen LogP contribution in [0.2, 0.25) is 0 Å². The molecule has 1 aliphatic heterocycles. The van der Waals surface area contributed by atoms with Crippen molar-refractivity contribution < 1.29 is 17.7 Å². The van der Waals surface area contributed by atoms with Crippen LogP contribution >= 0.6 is 0 Å². The molecule has 0 unspecified atom stereocenters. The van der Waals surface area contributed by atoms with Gasteiger partial charge in [0, 0.05) is 30.1 Å². The smallest absolute Gasteiger partial charge is 0.227 e. The fourth-order valence-electron chi connectivity index (χ4n) is 3.47. The van der Waals surface area contributed by atoms with E-state index < -0.39 is 10.0 Å². The number of para-hydroxylation sites is 2. The molecule has 1 N–H and O–H groups in total. The van der Waals surface area contributed by atoms with Crippen LogP contribution in [-0.2, 0) is 20.6 Å². The maximum absolute atomic E-state index is 12.8. The second-order valence-electron chi connectivity index (χ2n) is 6.91. The lowest BCUT2D eigenvalue weighted by atomic mass is 9.97. The molecule has 0 spiro atoms. The summed E-state index contributed by atoms with van der Waals surface area (Å²) in [7, 11) is -3.53. The lowest BCUT2D eigenvalue weighted by Crippen LogP contribution is -2.41. The predicted molar refractivity (Wildman–Crippen MR) is 106 cm³/mol. The molecule has 7 nitrogen and oxygen atoms in total. The summed E-state index contributed by atoms with van der Waals surface area (Å²) >= 11 is 0. The number of rotatable bonds is 5. The van der Waals surface area contributed by atoms with Gasteiger partial charge in [0.25, 0.3) is 0 Å². The van der Waals surface area contributed by atoms with Crippen molar-refractivity contribution in [2.45, 2.75) is 18.6 Å². The molecule has 1 saturated heterocycles. The number of anilines is 1. The minimum atomic E-state index is -3.53. The van der Waals surface area contributed by atoms with E-state index in [0.717, 1.165) is 5.69 Å². The highest BCUT2D eigenvalue weighted by Gasteiger charge is 2.32. The zero-order valence-corrected chi connectivity index (χ0v) is 16.1. The van der Waals surface area contributed by atoms with Gasteiger partial charge >= 0.3 is 0 Å². The Kier molecular flexibility index (Phi) is 5.15. The molecule has 0 bridgehead atoms. The SMILES string of the molecule is O=C(Nc1ccccc1)C1CCN(S(=O)(=O)Cc2noc3ccccc23)CC1.